The molecular formula is C14H8N2OS. The zero-order chi connectivity index (χ0) is 12.4. The van der Waals surface area contributed by atoms with E-state index in [0.29, 0.717) is 11.3 Å². The molecule has 4 heteroatoms. The Balaban J connectivity index is 1.95. The Bertz CT molecular complexity index is 690. The van der Waals surface area contributed by atoms with Gasteiger partial charge in [0.05, 0.1) is 10.4 Å². The van der Waals surface area contributed by atoms with E-state index in [-0.39, 0.29) is 0 Å². The highest BCUT2D eigenvalue weighted by molar-refractivity contribution is 7.13. The lowest BCUT2D eigenvalue weighted by Gasteiger charge is -1.95. The van der Waals surface area contributed by atoms with Crippen LogP contribution in [-0.2, 0) is 0 Å². The molecule has 0 saturated heterocycles. The van der Waals surface area contributed by atoms with Crippen LogP contribution in [0, 0.1) is 11.3 Å². The van der Waals surface area contributed by atoms with Gasteiger partial charge in [0.2, 0.25) is 0 Å². The van der Waals surface area contributed by atoms with Gasteiger partial charge < -0.3 is 4.42 Å². The topological polar surface area (TPSA) is 49.8 Å². The molecule has 0 saturated carbocycles. The lowest BCUT2D eigenvalue weighted by Crippen LogP contribution is -1.82. The normalized spacial score (nSPS) is 10.2. The van der Waals surface area contributed by atoms with Crippen LogP contribution in [0.25, 0.3) is 22.1 Å². The van der Waals surface area contributed by atoms with Crippen molar-refractivity contribution in [2.75, 3.05) is 0 Å². The summed E-state index contributed by atoms with van der Waals surface area (Å²) in [5.41, 5.74) is 1.28. The molecule has 0 aliphatic rings. The van der Waals surface area contributed by atoms with Gasteiger partial charge in [0.15, 0.2) is 5.76 Å². The first kappa shape index (κ1) is 10.8. The highest BCUT2D eigenvalue weighted by Crippen LogP contribution is 2.30. The third kappa shape index (κ3) is 1.92. The molecule has 86 valence electrons. The van der Waals surface area contributed by atoms with Gasteiger partial charge in [0, 0.05) is 6.20 Å². The minimum atomic E-state index is 0.545. The van der Waals surface area contributed by atoms with E-state index in [1.54, 1.807) is 29.7 Å². The molecular weight excluding hydrogens is 244 g/mol. The van der Waals surface area contributed by atoms with Gasteiger partial charge in [-0.05, 0) is 35.7 Å². The number of nitrogens with zero attached hydrogens (tertiary/aromatic N) is 2. The molecule has 0 bridgehead atoms. The quantitative estimate of drug-likeness (QED) is 0.694. The van der Waals surface area contributed by atoms with Crippen molar-refractivity contribution < 1.29 is 4.42 Å². The van der Waals surface area contributed by atoms with Crippen molar-refractivity contribution in [1.29, 1.82) is 5.26 Å². The smallest absolute Gasteiger partial charge is 0.153 e. The number of hydrogen-bond acceptors (Lipinski definition) is 4. The van der Waals surface area contributed by atoms with Crippen LogP contribution in [0.5, 0.6) is 0 Å². The average molecular weight is 252 g/mol. The van der Waals surface area contributed by atoms with Crippen LogP contribution in [0.3, 0.4) is 0 Å². The van der Waals surface area contributed by atoms with Crippen molar-refractivity contribution in [3.05, 3.63) is 53.5 Å². The molecule has 0 fully saturated rings. The second-order valence-electron chi connectivity index (χ2n) is 3.69. The highest BCUT2D eigenvalue weighted by atomic mass is 32.1. The SMILES string of the molecule is N#Cc1ccc(-c2ccc(-c3cccs3)o2)nc1. The second-order valence-corrected chi connectivity index (χ2v) is 4.63. The van der Waals surface area contributed by atoms with Crippen LogP contribution in [-0.4, -0.2) is 4.98 Å². The minimum absolute atomic E-state index is 0.545. The van der Waals surface area contributed by atoms with E-state index < -0.39 is 0 Å². The van der Waals surface area contributed by atoms with E-state index in [4.69, 9.17) is 9.68 Å². The number of hydrogen-bond donors (Lipinski definition) is 0. The molecule has 3 rings (SSSR count). The maximum Gasteiger partial charge on any atom is 0.153 e. The molecule has 3 aromatic heterocycles. The summed E-state index contributed by atoms with van der Waals surface area (Å²) in [6.45, 7) is 0. The van der Waals surface area contributed by atoms with Crippen molar-refractivity contribution in [2.24, 2.45) is 0 Å². The first-order valence-electron chi connectivity index (χ1n) is 5.37. The van der Waals surface area contributed by atoms with Crippen LogP contribution in [0.1, 0.15) is 5.56 Å². The van der Waals surface area contributed by atoms with Gasteiger partial charge in [-0.2, -0.15) is 5.26 Å². The average Bonchev–Trinajstić information content (AvgIpc) is 3.09. The van der Waals surface area contributed by atoms with E-state index in [0.717, 1.165) is 16.3 Å². The molecule has 3 nitrogen and oxygen atoms in total. The molecule has 0 aromatic carbocycles. The van der Waals surface area contributed by atoms with Crippen LogP contribution in [0.4, 0.5) is 0 Å². The summed E-state index contributed by atoms with van der Waals surface area (Å²) < 4.78 is 5.75. The Morgan fingerprint density at radius 3 is 2.67 bits per heavy atom. The Hall–Kier alpha value is -2.38. The lowest BCUT2D eigenvalue weighted by molar-refractivity contribution is 0.596. The summed E-state index contributed by atoms with van der Waals surface area (Å²) in [5, 5.41) is 10.7. The maximum atomic E-state index is 8.72. The van der Waals surface area contributed by atoms with Crippen LogP contribution < -0.4 is 0 Å². The fourth-order valence-electron chi connectivity index (χ4n) is 1.63. The molecule has 0 amide bonds. The van der Waals surface area contributed by atoms with Gasteiger partial charge in [0.1, 0.15) is 17.5 Å². The van der Waals surface area contributed by atoms with Gasteiger partial charge >= 0.3 is 0 Å². The first-order chi connectivity index (χ1) is 8.86. The van der Waals surface area contributed by atoms with Crippen molar-refractivity contribution in [1.82, 2.24) is 4.98 Å². The zero-order valence-electron chi connectivity index (χ0n) is 9.33. The Morgan fingerprint density at radius 2 is 2.00 bits per heavy atom. The van der Waals surface area contributed by atoms with Crippen molar-refractivity contribution >= 4 is 11.3 Å². The molecule has 18 heavy (non-hydrogen) atoms. The van der Waals surface area contributed by atoms with Crippen LogP contribution in [0.2, 0.25) is 0 Å². The van der Waals surface area contributed by atoms with Crippen LogP contribution >= 0.6 is 11.3 Å². The summed E-state index contributed by atoms with van der Waals surface area (Å²) >= 11 is 1.63. The standard InChI is InChI=1S/C14H8N2OS/c15-8-10-3-4-11(16-9-10)12-5-6-13(17-12)14-2-1-7-18-14/h1-7,9H. The largest absolute Gasteiger partial charge is 0.454 e. The highest BCUT2D eigenvalue weighted by Gasteiger charge is 2.08. The molecule has 0 aliphatic heterocycles. The molecule has 0 N–H and O–H groups in total. The van der Waals surface area contributed by atoms with E-state index >= 15 is 0 Å². The Kier molecular flexibility index (Phi) is 2.67. The van der Waals surface area contributed by atoms with Gasteiger partial charge in [-0.25, -0.2) is 0 Å². The van der Waals surface area contributed by atoms with E-state index in [1.165, 1.54) is 0 Å². The van der Waals surface area contributed by atoms with Crippen LogP contribution in [0.15, 0.2) is 52.4 Å². The third-order valence-electron chi connectivity index (χ3n) is 2.52. The predicted octanol–water partition coefficient (Wildman–Crippen LogP) is 3.94. The van der Waals surface area contributed by atoms with Crippen molar-refractivity contribution in [3.8, 4) is 28.2 Å². The van der Waals surface area contributed by atoms with Gasteiger partial charge in [-0.3, -0.25) is 4.98 Å². The molecule has 3 heterocycles. The number of aromatic nitrogens is 1. The molecule has 0 aliphatic carbocycles. The fraction of sp³-hybridized carbons (Fsp3) is 0. The number of pyridine rings is 1. The Morgan fingerprint density at radius 1 is 1.11 bits per heavy atom. The molecule has 0 radical (unpaired) electrons. The predicted molar refractivity (Wildman–Crippen MR) is 70.0 cm³/mol. The Labute approximate surface area is 108 Å². The molecule has 0 atom stereocenters. The van der Waals surface area contributed by atoms with Crippen molar-refractivity contribution in [2.45, 2.75) is 0 Å². The van der Waals surface area contributed by atoms with E-state index in [9.17, 15) is 0 Å². The number of furan rings is 1. The van der Waals surface area contributed by atoms with E-state index in [1.807, 2.05) is 35.7 Å². The summed E-state index contributed by atoms with van der Waals surface area (Å²) in [7, 11) is 0. The molecule has 0 spiro atoms. The first-order valence-corrected chi connectivity index (χ1v) is 6.25. The summed E-state index contributed by atoms with van der Waals surface area (Å²) in [4.78, 5) is 5.29. The maximum absolute atomic E-state index is 8.72. The monoisotopic (exact) mass is 252 g/mol. The molecule has 3 aromatic rings. The summed E-state index contributed by atoms with van der Waals surface area (Å²) in [5.74, 6) is 1.55. The lowest BCUT2D eigenvalue weighted by atomic mass is 10.2. The minimum Gasteiger partial charge on any atom is -0.454 e. The number of thiophene rings is 1. The van der Waals surface area contributed by atoms with E-state index in [2.05, 4.69) is 4.98 Å². The number of nitriles is 1. The summed E-state index contributed by atoms with van der Waals surface area (Å²) in [6, 6.07) is 13.4. The number of rotatable bonds is 2. The fourth-order valence-corrected chi connectivity index (χ4v) is 2.32. The van der Waals surface area contributed by atoms with Gasteiger partial charge in [-0.1, -0.05) is 6.07 Å². The third-order valence-corrected chi connectivity index (χ3v) is 3.40. The van der Waals surface area contributed by atoms with Gasteiger partial charge in [0.25, 0.3) is 0 Å². The van der Waals surface area contributed by atoms with Crippen molar-refractivity contribution in [3.63, 3.8) is 0 Å². The second kappa shape index (κ2) is 4.47. The summed E-state index contributed by atoms with van der Waals surface area (Å²) in [6.07, 6.45) is 1.54. The van der Waals surface area contributed by atoms with Gasteiger partial charge in [-0.15, -0.1) is 11.3 Å². The molecule has 0 unspecified atom stereocenters. The zero-order valence-corrected chi connectivity index (χ0v) is 10.1.